The number of oxazole rings is 2. The maximum absolute atomic E-state index is 6.28. The topological polar surface area (TPSA) is 90.7 Å². The van der Waals surface area contributed by atoms with Crippen molar-refractivity contribution >= 4 is 33.0 Å². The molecule has 7 heteroatoms. The lowest BCUT2D eigenvalue weighted by molar-refractivity contribution is 0.617. The van der Waals surface area contributed by atoms with Gasteiger partial charge in [0.2, 0.25) is 11.8 Å². The van der Waals surface area contributed by atoms with Crippen LogP contribution in [-0.4, -0.2) is 24.9 Å². The predicted octanol–water partition coefficient (Wildman–Crippen LogP) is 13.0. The Balaban J connectivity index is 1.01. The summed E-state index contributed by atoms with van der Waals surface area (Å²) in [5, 5.41) is 2.24. The number of fused-ring (bicyclic) bond motifs is 3. The summed E-state index contributed by atoms with van der Waals surface area (Å²) in [6, 6.07) is 63.4. The maximum atomic E-state index is 6.28. The van der Waals surface area contributed by atoms with Crippen molar-refractivity contribution in [2.45, 2.75) is 0 Å². The van der Waals surface area contributed by atoms with E-state index in [4.69, 9.17) is 33.8 Å². The molecule has 0 spiro atoms. The van der Waals surface area contributed by atoms with E-state index in [9.17, 15) is 0 Å². The minimum Gasteiger partial charge on any atom is -0.436 e. The molecule has 3 heterocycles. The van der Waals surface area contributed by atoms with E-state index in [1.807, 2.05) is 115 Å². The fourth-order valence-corrected chi connectivity index (χ4v) is 7.56. The molecular formula is C51H31N5O2. The summed E-state index contributed by atoms with van der Waals surface area (Å²) in [6.07, 6.45) is 0. The second-order valence-electron chi connectivity index (χ2n) is 14.1. The van der Waals surface area contributed by atoms with Gasteiger partial charge in [0.05, 0.1) is 0 Å². The summed E-state index contributed by atoms with van der Waals surface area (Å²) in [4.78, 5) is 24.4. The quantitative estimate of drug-likeness (QED) is 0.160. The number of aromatic nitrogens is 5. The molecule has 11 rings (SSSR count). The number of rotatable bonds is 7. The van der Waals surface area contributed by atoms with E-state index < -0.39 is 0 Å². The van der Waals surface area contributed by atoms with Gasteiger partial charge in [-0.05, 0) is 75.5 Å². The van der Waals surface area contributed by atoms with Crippen LogP contribution in [0.4, 0.5) is 0 Å². The molecule has 58 heavy (non-hydrogen) atoms. The Morgan fingerprint density at radius 1 is 0.276 bits per heavy atom. The van der Waals surface area contributed by atoms with Gasteiger partial charge in [-0.2, -0.15) is 0 Å². The van der Waals surface area contributed by atoms with Gasteiger partial charge in [0.1, 0.15) is 11.0 Å². The second kappa shape index (κ2) is 13.9. The lowest BCUT2D eigenvalue weighted by atomic mass is 9.90. The zero-order chi connectivity index (χ0) is 38.4. The molecule has 0 fully saturated rings. The summed E-state index contributed by atoms with van der Waals surface area (Å²) in [7, 11) is 0. The highest BCUT2D eigenvalue weighted by atomic mass is 16.4. The minimum absolute atomic E-state index is 0.534. The number of para-hydroxylation sites is 4. The molecule has 3 aromatic heterocycles. The summed E-state index contributed by atoms with van der Waals surface area (Å²) in [5.74, 6) is 2.95. The molecule has 0 radical (unpaired) electrons. The van der Waals surface area contributed by atoms with Crippen LogP contribution in [-0.2, 0) is 0 Å². The van der Waals surface area contributed by atoms with Crippen molar-refractivity contribution in [3.05, 3.63) is 188 Å². The maximum Gasteiger partial charge on any atom is 0.227 e. The van der Waals surface area contributed by atoms with Crippen LogP contribution in [0.1, 0.15) is 0 Å². The van der Waals surface area contributed by atoms with E-state index in [0.29, 0.717) is 29.3 Å². The Morgan fingerprint density at radius 3 is 1.14 bits per heavy atom. The largest absolute Gasteiger partial charge is 0.436 e. The molecular weight excluding hydrogens is 715 g/mol. The highest BCUT2D eigenvalue weighted by Crippen LogP contribution is 2.40. The summed E-state index contributed by atoms with van der Waals surface area (Å²) >= 11 is 0. The Kier molecular flexibility index (Phi) is 8.00. The van der Waals surface area contributed by atoms with Gasteiger partial charge in [-0.1, -0.05) is 146 Å². The lowest BCUT2D eigenvalue weighted by Crippen LogP contribution is -2.00. The van der Waals surface area contributed by atoms with Crippen LogP contribution in [0.2, 0.25) is 0 Å². The summed E-state index contributed by atoms with van der Waals surface area (Å²) in [6.45, 7) is 0. The van der Waals surface area contributed by atoms with Crippen LogP contribution in [0.3, 0.4) is 0 Å². The van der Waals surface area contributed by atoms with Gasteiger partial charge in [0.15, 0.2) is 28.6 Å². The molecule has 8 aromatic carbocycles. The third kappa shape index (κ3) is 6.08. The summed E-state index contributed by atoms with van der Waals surface area (Å²) in [5.41, 5.74) is 11.8. The van der Waals surface area contributed by atoms with E-state index in [0.717, 1.165) is 83.0 Å². The fraction of sp³-hybridized carbons (Fsp3) is 0. The van der Waals surface area contributed by atoms with Crippen LogP contribution < -0.4 is 0 Å². The van der Waals surface area contributed by atoms with Crippen molar-refractivity contribution in [1.29, 1.82) is 0 Å². The molecule has 272 valence electrons. The van der Waals surface area contributed by atoms with Crippen molar-refractivity contribution in [2.75, 3.05) is 0 Å². The van der Waals surface area contributed by atoms with Crippen LogP contribution in [0.5, 0.6) is 0 Å². The van der Waals surface area contributed by atoms with E-state index in [2.05, 4.69) is 72.8 Å². The van der Waals surface area contributed by atoms with Gasteiger partial charge in [-0.15, -0.1) is 0 Å². The average molecular weight is 746 g/mol. The van der Waals surface area contributed by atoms with Crippen LogP contribution in [0.15, 0.2) is 197 Å². The van der Waals surface area contributed by atoms with Crippen molar-refractivity contribution < 1.29 is 8.83 Å². The molecule has 7 nitrogen and oxygen atoms in total. The van der Waals surface area contributed by atoms with Crippen molar-refractivity contribution in [2.24, 2.45) is 0 Å². The lowest BCUT2D eigenvalue weighted by Gasteiger charge is -2.14. The van der Waals surface area contributed by atoms with Crippen LogP contribution in [0.25, 0.3) is 112 Å². The van der Waals surface area contributed by atoms with Crippen molar-refractivity contribution in [3.63, 3.8) is 0 Å². The van der Waals surface area contributed by atoms with Crippen LogP contribution >= 0.6 is 0 Å². The minimum atomic E-state index is 0.534. The first-order chi connectivity index (χ1) is 28.7. The first-order valence-electron chi connectivity index (χ1n) is 19.1. The van der Waals surface area contributed by atoms with Gasteiger partial charge in [0.25, 0.3) is 0 Å². The third-order valence-corrected chi connectivity index (χ3v) is 10.4. The van der Waals surface area contributed by atoms with Crippen molar-refractivity contribution in [3.8, 4) is 79.3 Å². The highest BCUT2D eigenvalue weighted by molar-refractivity contribution is 6.05. The predicted molar refractivity (Wildman–Crippen MR) is 231 cm³/mol. The molecule has 0 saturated heterocycles. The molecule has 0 unspecified atom stereocenters. The Labute approximate surface area is 333 Å². The van der Waals surface area contributed by atoms with E-state index in [-0.39, 0.29) is 0 Å². The van der Waals surface area contributed by atoms with Gasteiger partial charge in [0, 0.05) is 27.8 Å². The number of hydrogen-bond acceptors (Lipinski definition) is 7. The average Bonchev–Trinajstić information content (AvgIpc) is 3.95. The molecule has 0 aliphatic rings. The van der Waals surface area contributed by atoms with Gasteiger partial charge in [-0.3, -0.25) is 0 Å². The number of hydrogen-bond donors (Lipinski definition) is 0. The van der Waals surface area contributed by atoms with Gasteiger partial charge < -0.3 is 8.83 Å². The van der Waals surface area contributed by atoms with Gasteiger partial charge >= 0.3 is 0 Å². The normalized spacial score (nSPS) is 11.4. The first kappa shape index (κ1) is 33.3. The monoisotopic (exact) mass is 745 g/mol. The SMILES string of the molecule is c1ccc(-c2nc(-c3ccccc3)nc(-c3ccc(-c4ccc(-c5cc(-c6nc7ccccc7o6)cc(-c6nc7ccccc7o6)c5)c5ccccc45)cc3)n2)cc1. The van der Waals surface area contributed by atoms with Crippen molar-refractivity contribution in [1.82, 2.24) is 24.9 Å². The molecule has 0 aliphatic carbocycles. The molecule has 0 N–H and O–H groups in total. The van der Waals surface area contributed by atoms with Crippen LogP contribution in [0, 0.1) is 0 Å². The van der Waals surface area contributed by atoms with E-state index >= 15 is 0 Å². The van der Waals surface area contributed by atoms with E-state index in [1.165, 1.54) is 0 Å². The highest BCUT2D eigenvalue weighted by Gasteiger charge is 2.18. The molecule has 11 aromatic rings. The zero-order valence-electron chi connectivity index (χ0n) is 31.0. The zero-order valence-corrected chi connectivity index (χ0v) is 31.0. The molecule has 0 bridgehead atoms. The molecule has 0 saturated carbocycles. The smallest absolute Gasteiger partial charge is 0.227 e. The third-order valence-electron chi connectivity index (χ3n) is 10.4. The Hall–Kier alpha value is -8.03. The van der Waals surface area contributed by atoms with Gasteiger partial charge in [-0.25, -0.2) is 24.9 Å². The number of nitrogens with zero attached hydrogens (tertiary/aromatic N) is 5. The Bertz CT molecular complexity index is 3070. The second-order valence-corrected chi connectivity index (χ2v) is 14.1. The summed E-state index contributed by atoms with van der Waals surface area (Å²) < 4.78 is 12.6. The fourth-order valence-electron chi connectivity index (χ4n) is 7.56. The standard InChI is InChI=1S/C51H31N5O2/c1-3-13-33(14-4-1)47-54-48(34-15-5-2-6-16-34)56-49(55-47)35-25-23-32(24-26-35)39-27-28-40(42-18-8-7-17-41(39)42)36-29-37(50-52-43-19-9-11-21-45(43)57-50)31-38(30-36)51-53-44-20-10-12-22-46(44)58-51/h1-31H. The Morgan fingerprint density at radius 2 is 0.655 bits per heavy atom. The van der Waals surface area contributed by atoms with E-state index in [1.54, 1.807) is 0 Å². The molecule has 0 atom stereocenters. The molecule has 0 aliphatic heterocycles. The number of benzene rings is 8. The first-order valence-corrected chi connectivity index (χ1v) is 19.1. The molecule has 0 amide bonds.